The monoisotopic (exact) mass is 304 g/mol. The van der Waals surface area contributed by atoms with Gasteiger partial charge in [-0.2, -0.15) is 4.31 Å². The lowest BCUT2D eigenvalue weighted by atomic mass is 10.1. The van der Waals surface area contributed by atoms with Crippen LogP contribution in [0.15, 0.2) is 9.42 Å². The highest BCUT2D eigenvalue weighted by atomic mass is 32.2. The van der Waals surface area contributed by atoms with Crippen molar-refractivity contribution in [1.29, 1.82) is 0 Å². The van der Waals surface area contributed by atoms with Gasteiger partial charge in [-0.05, 0) is 34.6 Å². The molecule has 0 saturated heterocycles. The van der Waals surface area contributed by atoms with E-state index >= 15 is 0 Å². The van der Waals surface area contributed by atoms with Crippen molar-refractivity contribution < 1.29 is 22.8 Å². The average Bonchev–Trinajstić information content (AvgIpc) is 2.55. The third kappa shape index (κ3) is 3.37. The normalized spacial score (nSPS) is 12.9. The Balaban J connectivity index is 3.29. The molecule has 7 nitrogen and oxygen atoms in total. The summed E-state index contributed by atoms with van der Waals surface area (Å²) in [5, 5.41) is 12.4. The third-order valence-electron chi connectivity index (χ3n) is 2.79. The van der Waals surface area contributed by atoms with E-state index in [1.807, 2.05) is 0 Å². The highest BCUT2D eigenvalue weighted by molar-refractivity contribution is 7.89. The largest absolute Gasteiger partial charge is 0.481 e. The van der Waals surface area contributed by atoms with Gasteiger partial charge in [-0.25, -0.2) is 8.42 Å². The summed E-state index contributed by atoms with van der Waals surface area (Å²) >= 11 is 0. The summed E-state index contributed by atoms with van der Waals surface area (Å²) in [6, 6.07) is 0. The Labute approximate surface area is 118 Å². The van der Waals surface area contributed by atoms with E-state index in [1.165, 1.54) is 11.2 Å². The quantitative estimate of drug-likeness (QED) is 0.885. The highest BCUT2D eigenvalue weighted by Crippen LogP contribution is 2.28. The van der Waals surface area contributed by atoms with Crippen LogP contribution in [0.3, 0.4) is 0 Å². The van der Waals surface area contributed by atoms with Gasteiger partial charge in [-0.1, -0.05) is 5.16 Å². The molecule has 0 atom stereocenters. The van der Waals surface area contributed by atoms with Gasteiger partial charge in [0.1, 0.15) is 10.6 Å². The van der Waals surface area contributed by atoms with Crippen molar-refractivity contribution in [2.75, 3.05) is 6.54 Å². The Morgan fingerprint density at radius 1 is 1.35 bits per heavy atom. The number of sulfonamides is 1. The molecule has 0 amide bonds. The van der Waals surface area contributed by atoms with Crippen LogP contribution in [0.25, 0.3) is 0 Å². The smallest absolute Gasteiger partial charge is 0.304 e. The number of carbonyl (C=O) groups is 1. The Morgan fingerprint density at radius 3 is 2.25 bits per heavy atom. The van der Waals surface area contributed by atoms with Crippen molar-refractivity contribution in [3.05, 3.63) is 11.5 Å². The van der Waals surface area contributed by atoms with Crippen LogP contribution in [0.1, 0.15) is 38.6 Å². The van der Waals surface area contributed by atoms with E-state index in [4.69, 9.17) is 9.63 Å². The van der Waals surface area contributed by atoms with Gasteiger partial charge in [-0.15, -0.1) is 0 Å². The topological polar surface area (TPSA) is 101 Å². The minimum atomic E-state index is -3.86. The number of aryl methyl sites for hydroxylation is 2. The summed E-state index contributed by atoms with van der Waals surface area (Å²) < 4.78 is 31.5. The number of carboxylic acids is 1. The van der Waals surface area contributed by atoms with E-state index in [9.17, 15) is 13.2 Å². The number of hydrogen-bond donors (Lipinski definition) is 1. The summed E-state index contributed by atoms with van der Waals surface area (Å²) in [7, 11) is -3.86. The van der Waals surface area contributed by atoms with E-state index in [0.717, 1.165) is 0 Å². The first kappa shape index (κ1) is 16.6. The molecule has 1 aromatic heterocycles. The van der Waals surface area contributed by atoms with Gasteiger partial charge in [0.2, 0.25) is 10.0 Å². The molecule has 8 heteroatoms. The van der Waals surface area contributed by atoms with Crippen molar-refractivity contribution in [2.45, 2.75) is 51.5 Å². The van der Waals surface area contributed by atoms with Gasteiger partial charge in [0, 0.05) is 12.1 Å². The fraction of sp³-hybridized carbons (Fsp3) is 0.667. The number of aliphatic carboxylic acids is 1. The van der Waals surface area contributed by atoms with Gasteiger partial charge in [0.15, 0.2) is 5.76 Å². The lowest BCUT2D eigenvalue weighted by Crippen LogP contribution is -2.46. The molecule has 0 spiro atoms. The Bertz CT molecular complexity index is 578. The van der Waals surface area contributed by atoms with E-state index in [2.05, 4.69) is 5.16 Å². The molecule has 0 fully saturated rings. The van der Waals surface area contributed by atoms with E-state index in [1.54, 1.807) is 27.7 Å². The summed E-state index contributed by atoms with van der Waals surface area (Å²) in [5.41, 5.74) is -0.475. The van der Waals surface area contributed by atoms with Crippen LogP contribution in [0.4, 0.5) is 0 Å². The van der Waals surface area contributed by atoms with Crippen molar-refractivity contribution in [2.24, 2.45) is 0 Å². The number of carboxylic acid groups (broad SMARTS) is 1. The fourth-order valence-corrected chi connectivity index (χ4v) is 4.05. The van der Waals surface area contributed by atoms with Gasteiger partial charge < -0.3 is 9.63 Å². The molecular weight excluding hydrogens is 284 g/mol. The Morgan fingerprint density at radius 2 is 1.90 bits per heavy atom. The standard InChI is InChI=1S/C12H20N2O5S/c1-8-11(9(2)19-13-8)20(17,18)14(12(3,4)5)7-6-10(15)16/h6-7H2,1-5H3,(H,15,16). The molecule has 0 saturated carbocycles. The predicted molar refractivity (Wildman–Crippen MR) is 71.9 cm³/mol. The Kier molecular flexibility index (Phi) is 4.60. The molecule has 0 aliphatic carbocycles. The third-order valence-corrected chi connectivity index (χ3v) is 5.20. The molecule has 1 N–H and O–H groups in total. The van der Waals surface area contributed by atoms with Crippen LogP contribution < -0.4 is 0 Å². The van der Waals surface area contributed by atoms with Crippen LogP contribution in [0, 0.1) is 13.8 Å². The first-order valence-corrected chi connectivity index (χ1v) is 7.59. The number of nitrogens with zero attached hydrogens (tertiary/aromatic N) is 2. The zero-order valence-electron chi connectivity index (χ0n) is 12.3. The maximum Gasteiger partial charge on any atom is 0.304 e. The van der Waals surface area contributed by atoms with E-state index < -0.39 is 21.5 Å². The van der Waals surface area contributed by atoms with Crippen molar-refractivity contribution >= 4 is 16.0 Å². The van der Waals surface area contributed by atoms with Crippen LogP contribution in [0.5, 0.6) is 0 Å². The minimum absolute atomic E-state index is 0.0119. The number of hydrogen-bond acceptors (Lipinski definition) is 5. The van der Waals surface area contributed by atoms with Gasteiger partial charge in [0.05, 0.1) is 6.42 Å². The van der Waals surface area contributed by atoms with Gasteiger partial charge in [0.25, 0.3) is 0 Å². The molecule has 1 heterocycles. The molecule has 20 heavy (non-hydrogen) atoms. The molecule has 1 rings (SSSR count). The summed E-state index contributed by atoms with van der Waals surface area (Å²) in [5.74, 6) is -0.847. The van der Waals surface area contributed by atoms with Crippen molar-refractivity contribution in [3.63, 3.8) is 0 Å². The molecular formula is C12H20N2O5S. The second-order valence-electron chi connectivity index (χ2n) is 5.55. The predicted octanol–water partition coefficient (Wildman–Crippen LogP) is 1.56. The first-order chi connectivity index (χ1) is 8.98. The number of aromatic nitrogens is 1. The van der Waals surface area contributed by atoms with Crippen molar-refractivity contribution in [3.8, 4) is 0 Å². The van der Waals surface area contributed by atoms with E-state index in [-0.39, 0.29) is 29.3 Å². The maximum absolute atomic E-state index is 12.7. The summed E-state index contributed by atoms with van der Waals surface area (Å²) in [4.78, 5) is 10.7. The second-order valence-corrected chi connectivity index (χ2v) is 7.34. The molecule has 0 aliphatic rings. The summed E-state index contributed by atoms with van der Waals surface area (Å²) in [6.45, 7) is 8.09. The van der Waals surface area contributed by atoms with Crippen LogP contribution in [-0.4, -0.2) is 41.0 Å². The summed E-state index contributed by atoms with van der Waals surface area (Å²) in [6.07, 6.45) is -0.264. The molecule has 0 aliphatic heterocycles. The maximum atomic E-state index is 12.7. The molecule has 0 unspecified atom stereocenters. The lowest BCUT2D eigenvalue weighted by molar-refractivity contribution is -0.137. The molecule has 114 valence electrons. The SMILES string of the molecule is Cc1noc(C)c1S(=O)(=O)N(CCC(=O)O)C(C)(C)C. The fourth-order valence-electron chi connectivity index (χ4n) is 1.97. The van der Waals surface area contributed by atoms with Crippen LogP contribution >= 0.6 is 0 Å². The molecule has 1 aromatic rings. The zero-order valence-corrected chi connectivity index (χ0v) is 13.1. The van der Waals surface area contributed by atoms with E-state index in [0.29, 0.717) is 0 Å². The number of rotatable bonds is 5. The van der Waals surface area contributed by atoms with Gasteiger partial charge >= 0.3 is 5.97 Å². The molecule has 0 radical (unpaired) electrons. The second kappa shape index (κ2) is 5.53. The van der Waals surface area contributed by atoms with Gasteiger partial charge in [-0.3, -0.25) is 4.79 Å². The van der Waals surface area contributed by atoms with Crippen LogP contribution in [-0.2, 0) is 14.8 Å². The highest BCUT2D eigenvalue weighted by Gasteiger charge is 2.37. The Hall–Kier alpha value is -1.41. The molecule has 0 bridgehead atoms. The van der Waals surface area contributed by atoms with Crippen molar-refractivity contribution in [1.82, 2.24) is 9.46 Å². The first-order valence-electron chi connectivity index (χ1n) is 6.15. The zero-order chi connectivity index (χ0) is 15.7. The minimum Gasteiger partial charge on any atom is -0.481 e. The average molecular weight is 304 g/mol. The molecule has 0 aromatic carbocycles. The van der Waals surface area contributed by atoms with Crippen LogP contribution in [0.2, 0.25) is 0 Å². The lowest BCUT2D eigenvalue weighted by Gasteiger charge is -2.33.